The SMILES string of the molecule is CC(C)[C@@H]1CC[C@@H](C)C[C@H]1OC(=O)[C@@H]1C[C@H]1c1ccc2ccccc2c1. The van der Waals surface area contributed by atoms with Gasteiger partial charge in [0.05, 0.1) is 5.92 Å². The summed E-state index contributed by atoms with van der Waals surface area (Å²) in [5, 5.41) is 2.51. The van der Waals surface area contributed by atoms with Gasteiger partial charge in [-0.3, -0.25) is 4.79 Å². The van der Waals surface area contributed by atoms with Crippen molar-refractivity contribution in [2.75, 3.05) is 0 Å². The van der Waals surface area contributed by atoms with Gasteiger partial charge in [0.15, 0.2) is 0 Å². The van der Waals surface area contributed by atoms with Crippen molar-refractivity contribution in [2.24, 2.45) is 23.7 Å². The van der Waals surface area contributed by atoms with E-state index in [0.29, 0.717) is 23.7 Å². The van der Waals surface area contributed by atoms with Crippen molar-refractivity contribution in [2.45, 2.75) is 58.5 Å². The van der Waals surface area contributed by atoms with Crippen molar-refractivity contribution < 1.29 is 9.53 Å². The Bertz CT molecular complexity index is 794. The second-order valence-corrected chi connectivity index (χ2v) is 8.86. The van der Waals surface area contributed by atoms with E-state index in [1.54, 1.807) is 0 Å². The number of hydrogen-bond acceptors (Lipinski definition) is 2. The number of rotatable bonds is 4. The second-order valence-electron chi connectivity index (χ2n) is 8.86. The average molecular weight is 351 g/mol. The molecule has 4 rings (SSSR count). The second kappa shape index (κ2) is 7.06. The van der Waals surface area contributed by atoms with Crippen LogP contribution in [0.5, 0.6) is 0 Å². The molecule has 2 nitrogen and oxygen atoms in total. The third kappa shape index (κ3) is 3.51. The van der Waals surface area contributed by atoms with E-state index in [1.165, 1.54) is 29.2 Å². The molecule has 2 heteroatoms. The van der Waals surface area contributed by atoms with Crippen LogP contribution in [0.15, 0.2) is 42.5 Å². The van der Waals surface area contributed by atoms with Gasteiger partial charge >= 0.3 is 5.97 Å². The molecule has 5 atom stereocenters. The van der Waals surface area contributed by atoms with E-state index >= 15 is 0 Å². The van der Waals surface area contributed by atoms with Crippen LogP contribution in [0.4, 0.5) is 0 Å². The fourth-order valence-electron chi connectivity index (χ4n) is 4.75. The van der Waals surface area contributed by atoms with Crippen molar-refractivity contribution in [3.63, 3.8) is 0 Å². The lowest BCUT2D eigenvalue weighted by Gasteiger charge is -2.36. The molecule has 2 aliphatic rings. The third-order valence-corrected chi connectivity index (χ3v) is 6.52. The first-order chi connectivity index (χ1) is 12.5. The Morgan fingerprint density at radius 2 is 1.81 bits per heavy atom. The molecule has 0 amide bonds. The summed E-state index contributed by atoms with van der Waals surface area (Å²) in [6.07, 6.45) is 4.53. The molecule has 2 saturated carbocycles. The van der Waals surface area contributed by atoms with Gasteiger partial charge < -0.3 is 4.74 Å². The summed E-state index contributed by atoms with van der Waals surface area (Å²) in [5.74, 6) is 2.20. The molecule has 0 N–H and O–H groups in total. The summed E-state index contributed by atoms with van der Waals surface area (Å²) in [5.41, 5.74) is 1.28. The van der Waals surface area contributed by atoms with Gasteiger partial charge in [0.2, 0.25) is 0 Å². The smallest absolute Gasteiger partial charge is 0.309 e. The Labute approximate surface area is 156 Å². The first-order valence-corrected chi connectivity index (χ1v) is 10.2. The number of benzene rings is 2. The largest absolute Gasteiger partial charge is 0.462 e. The zero-order chi connectivity index (χ0) is 18.3. The Balaban J connectivity index is 1.42. The number of carbonyl (C=O) groups excluding carboxylic acids is 1. The molecule has 0 saturated heterocycles. The molecule has 2 aromatic rings. The molecule has 2 aliphatic carbocycles. The predicted octanol–water partition coefficient (Wildman–Crippen LogP) is 5.95. The van der Waals surface area contributed by atoms with Crippen molar-refractivity contribution in [1.82, 2.24) is 0 Å². The fraction of sp³-hybridized carbons (Fsp3) is 0.542. The molecule has 2 fully saturated rings. The summed E-state index contributed by atoms with van der Waals surface area (Å²) in [6.45, 7) is 6.80. The molecular formula is C24H30O2. The van der Waals surface area contributed by atoms with Crippen molar-refractivity contribution in [1.29, 1.82) is 0 Å². The average Bonchev–Trinajstić information content (AvgIpc) is 3.42. The van der Waals surface area contributed by atoms with E-state index in [9.17, 15) is 4.79 Å². The molecular weight excluding hydrogens is 320 g/mol. The first kappa shape index (κ1) is 17.6. The van der Waals surface area contributed by atoms with Crippen LogP contribution in [0.1, 0.15) is 57.9 Å². The maximum atomic E-state index is 12.8. The highest BCUT2D eigenvalue weighted by Gasteiger charge is 2.47. The molecule has 0 bridgehead atoms. The third-order valence-electron chi connectivity index (χ3n) is 6.52. The Morgan fingerprint density at radius 3 is 2.58 bits per heavy atom. The van der Waals surface area contributed by atoms with Gasteiger partial charge in [-0.1, -0.05) is 69.7 Å². The minimum absolute atomic E-state index is 0.0351. The topological polar surface area (TPSA) is 26.3 Å². The van der Waals surface area contributed by atoms with Crippen LogP contribution in [0.2, 0.25) is 0 Å². The number of carbonyl (C=O) groups is 1. The zero-order valence-electron chi connectivity index (χ0n) is 16.2. The monoisotopic (exact) mass is 350 g/mol. The molecule has 2 aromatic carbocycles. The zero-order valence-corrected chi connectivity index (χ0v) is 16.2. The fourth-order valence-corrected chi connectivity index (χ4v) is 4.75. The van der Waals surface area contributed by atoms with E-state index in [4.69, 9.17) is 4.74 Å². The van der Waals surface area contributed by atoms with Gasteiger partial charge in [0.1, 0.15) is 6.10 Å². The molecule has 0 aromatic heterocycles. The van der Waals surface area contributed by atoms with E-state index in [-0.39, 0.29) is 18.0 Å². The molecule has 26 heavy (non-hydrogen) atoms. The van der Waals surface area contributed by atoms with Crippen LogP contribution in [-0.2, 0) is 9.53 Å². The highest BCUT2D eigenvalue weighted by molar-refractivity contribution is 5.84. The highest BCUT2D eigenvalue weighted by atomic mass is 16.5. The highest BCUT2D eigenvalue weighted by Crippen LogP contribution is 2.49. The van der Waals surface area contributed by atoms with Crippen LogP contribution in [-0.4, -0.2) is 12.1 Å². The summed E-state index contributed by atoms with van der Waals surface area (Å²) in [4.78, 5) is 12.8. The van der Waals surface area contributed by atoms with E-state index < -0.39 is 0 Å². The van der Waals surface area contributed by atoms with Gasteiger partial charge in [-0.05, 0) is 59.3 Å². The van der Waals surface area contributed by atoms with Gasteiger partial charge in [0.25, 0.3) is 0 Å². The lowest BCUT2D eigenvalue weighted by molar-refractivity contribution is -0.157. The van der Waals surface area contributed by atoms with Crippen LogP contribution < -0.4 is 0 Å². The van der Waals surface area contributed by atoms with Gasteiger partial charge in [-0.25, -0.2) is 0 Å². The van der Waals surface area contributed by atoms with E-state index in [1.807, 2.05) is 0 Å². The normalized spacial score (nSPS) is 31.2. The molecule has 138 valence electrons. The van der Waals surface area contributed by atoms with Gasteiger partial charge in [-0.15, -0.1) is 0 Å². The van der Waals surface area contributed by atoms with Crippen molar-refractivity contribution in [3.05, 3.63) is 48.0 Å². The lowest BCUT2D eigenvalue weighted by Crippen LogP contribution is -2.36. The standard InChI is InChI=1S/C24H30O2/c1-15(2)20-11-8-16(3)12-23(20)26-24(25)22-14-21(22)19-10-9-17-6-4-5-7-18(17)13-19/h4-7,9-10,13,15-16,20-23H,8,11-12,14H2,1-3H3/t16-,20+,21+,22-,23-/m1/s1. The Kier molecular flexibility index (Phi) is 4.77. The van der Waals surface area contributed by atoms with Crippen LogP contribution >= 0.6 is 0 Å². The van der Waals surface area contributed by atoms with Gasteiger partial charge in [-0.2, -0.15) is 0 Å². The molecule has 0 heterocycles. The number of fused-ring (bicyclic) bond motifs is 1. The maximum absolute atomic E-state index is 12.8. The number of ether oxygens (including phenoxy) is 1. The molecule has 0 unspecified atom stereocenters. The summed E-state index contributed by atoms with van der Waals surface area (Å²) < 4.78 is 6.06. The summed E-state index contributed by atoms with van der Waals surface area (Å²) in [7, 11) is 0. The van der Waals surface area contributed by atoms with Crippen LogP contribution in [0, 0.1) is 23.7 Å². The van der Waals surface area contributed by atoms with E-state index in [2.05, 4.69) is 63.2 Å². The quantitative estimate of drug-likeness (QED) is 0.637. The molecule has 0 radical (unpaired) electrons. The molecule has 0 spiro atoms. The molecule has 0 aliphatic heterocycles. The minimum Gasteiger partial charge on any atom is -0.462 e. The summed E-state index contributed by atoms with van der Waals surface area (Å²) in [6, 6.07) is 15.0. The van der Waals surface area contributed by atoms with Crippen LogP contribution in [0.3, 0.4) is 0 Å². The van der Waals surface area contributed by atoms with Crippen LogP contribution in [0.25, 0.3) is 10.8 Å². The Hall–Kier alpha value is -1.83. The number of esters is 1. The van der Waals surface area contributed by atoms with Crippen molar-refractivity contribution in [3.8, 4) is 0 Å². The summed E-state index contributed by atoms with van der Waals surface area (Å²) >= 11 is 0. The first-order valence-electron chi connectivity index (χ1n) is 10.2. The predicted molar refractivity (Wildman–Crippen MR) is 106 cm³/mol. The maximum Gasteiger partial charge on any atom is 0.309 e. The number of hydrogen-bond donors (Lipinski definition) is 0. The lowest BCUT2D eigenvalue weighted by atomic mass is 9.75. The minimum atomic E-state index is 0.0351. The van der Waals surface area contributed by atoms with Crippen molar-refractivity contribution >= 4 is 16.7 Å². The van der Waals surface area contributed by atoms with E-state index in [0.717, 1.165) is 12.8 Å². The Morgan fingerprint density at radius 1 is 1.04 bits per heavy atom. The van der Waals surface area contributed by atoms with Gasteiger partial charge in [0, 0.05) is 0 Å².